The topological polar surface area (TPSA) is 17.1 Å². The third kappa shape index (κ3) is 1.21. The first kappa shape index (κ1) is 6.53. The van der Waals surface area contributed by atoms with Crippen molar-refractivity contribution in [3.05, 3.63) is 11.6 Å². The van der Waals surface area contributed by atoms with Crippen molar-refractivity contribution >= 4 is 6.29 Å². The molecule has 0 N–H and O–H groups in total. The van der Waals surface area contributed by atoms with Crippen LogP contribution in [0.5, 0.6) is 0 Å². The first-order valence-corrected chi connectivity index (χ1v) is 3.37. The molecule has 0 saturated carbocycles. The Labute approximate surface area is 55.8 Å². The Morgan fingerprint density at radius 2 is 2.44 bits per heavy atom. The molecule has 2 unspecified atom stereocenters. The highest BCUT2D eigenvalue weighted by Crippen LogP contribution is 2.27. The molecular formula is C8H12O. The maximum atomic E-state index is 10.3. The SMILES string of the molecule is CC1=CC(C=O)CC1C. The van der Waals surface area contributed by atoms with E-state index < -0.39 is 0 Å². The van der Waals surface area contributed by atoms with Gasteiger partial charge in [0.25, 0.3) is 0 Å². The molecule has 0 bridgehead atoms. The first-order chi connectivity index (χ1) is 4.24. The molecule has 1 aliphatic carbocycles. The summed E-state index contributed by atoms with van der Waals surface area (Å²) in [6.07, 6.45) is 4.12. The van der Waals surface area contributed by atoms with Gasteiger partial charge in [0.1, 0.15) is 6.29 Å². The van der Waals surface area contributed by atoms with E-state index in [1.165, 1.54) is 5.57 Å². The van der Waals surface area contributed by atoms with Crippen LogP contribution in [0.2, 0.25) is 0 Å². The van der Waals surface area contributed by atoms with Crippen LogP contribution in [0.4, 0.5) is 0 Å². The quantitative estimate of drug-likeness (QED) is 0.384. The van der Waals surface area contributed by atoms with Gasteiger partial charge in [-0.05, 0) is 19.3 Å². The van der Waals surface area contributed by atoms with Gasteiger partial charge in [0.15, 0.2) is 0 Å². The van der Waals surface area contributed by atoms with Gasteiger partial charge in [0.2, 0.25) is 0 Å². The second kappa shape index (κ2) is 2.34. The minimum absolute atomic E-state index is 0.208. The first-order valence-electron chi connectivity index (χ1n) is 3.37. The van der Waals surface area contributed by atoms with Crippen LogP contribution >= 0.6 is 0 Å². The summed E-state index contributed by atoms with van der Waals surface area (Å²) in [4.78, 5) is 10.3. The van der Waals surface area contributed by atoms with Crippen LogP contribution in [-0.4, -0.2) is 6.29 Å². The van der Waals surface area contributed by atoms with Gasteiger partial charge >= 0.3 is 0 Å². The molecule has 0 amide bonds. The van der Waals surface area contributed by atoms with E-state index in [2.05, 4.69) is 19.9 Å². The second-order valence-electron chi connectivity index (χ2n) is 2.85. The summed E-state index contributed by atoms with van der Waals surface area (Å²) in [6, 6.07) is 0. The highest BCUT2D eigenvalue weighted by molar-refractivity contribution is 5.58. The Bertz CT molecular complexity index is 147. The molecular weight excluding hydrogens is 112 g/mol. The van der Waals surface area contributed by atoms with Crippen LogP contribution in [0, 0.1) is 11.8 Å². The number of rotatable bonds is 1. The molecule has 50 valence electrons. The fourth-order valence-corrected chi connectivity index (χ4v) is 1.26. The molecule has 0 aliphatic heterocycles. The van der Waals surface area contributed by atoms with Crippen LogP contribution < -0.4 is 0 Å². The molecule has 0 spiro atoms. The standard InChI is InChI=1S/C8H12O/c1-6-3-8(5-9)4-7(6)2/h3,5,7-8H,4H2,1-2H3. The number of carbonyl (C=O) groups excluding carboxylic acids is 1. The number of aldehydes is 1. The molecule has 1 rings (SSSR count). The van der Waals surface area contributed by atoms with E-state index in [-0.39, 0.29) is 5.92 Å². The predicted molar refractivity (Wildman–Crippen MR) is 37.1 cm³/mol. The van der Waals surface area contributed by atoms with E-state index in [4.69, 9.17) is 0 Å². The fraction of sp³-hybridized carbons (Fsp3) is 0.625. The molecule has 0 radical (unpaired) electrons. The molecule has 1 heteroatoms. The van der Waals surface area contributed by atoms with Crippen molar-refractivity contribution in [3.8, 4) is 0 Å². The van der Waals surface area contributed by atoms with E-state index in [1.807, 2.05) is 0 Å². The van der Waals surface area contributed by atoms with Crippen molar-refractivity contribution in [2.45, 2.75) is 20.3 Å². The lowest BCUT2D eigenvalue weighted by molar-refractivity contribution is -0.110. The van der Waals surface area contributed by atoms with E-state index in [1.54, 1.807) is 0 Å². The monoisotopic (exact) mass is 124 g/mol. The smallest absolute Gasteiger partial charge is 0.126 e. The van der Waals surface area contributed by atoms with E-state index in [9.17, 15) is 4.79 Å². The minimum Gasteiger partial charge on any atom is -0.303 e. The maximum Gasteiger partial charge on any atom is 0.126 e. The van der Waals surface area contributed by atoms with Crippen molar-refractivity contribution in [3.63, 3.8) is 0 Å². The van der Waals surface area contributed by atoms with E-state index in [0.29, 0.717) is 5.92 Å². The molecule has 1 aliphatic rings. The Balaban J connectivity index is 2.62. The Hall–Kier alpha value is -0.590. The molecule has 1 nitrogen and oxygen atoms in total. The fourth-order valence-electron chi connectivity index (χ4n) is 1.26. The van der Waals surface area contributed by atoms with E-state index >= 15 is 0 Å². The number of hydrogen-bond acceptors (Lipinski definition) is 1. The summed E-state index contributed by atoms with van der Waals surface area (Å²) in [5.41, 5.74) is 1.37. The highest BCUT2D eigenvalue weighted by atomic mass is 16.1. The molecule has 0 saturated heterocycles. The van der Waals surface area contributed by atoms with Gasteiger partial charge < -0.3 is 4.79 Å². The van der Waals surface area contributed by atoms with Gasteiger partial charge in [0.05, 0.1) is 0 Å². The molecule has 0 aromatic heterocycles. The van der Waals surface area contributed by atoms with Crippen molar-refractivity contribution in [1.82, 2.24) is 0 Å². The van der Waals surface area contributed by atoms with Crippen LogP contribution in [0.3, 0.4) is 0 Å². The average Bonchev–Trinajstić information content (AvgIpc) is 2.13. The van der Waals surface area contributed by atoms with Crippen molar-refractivity contribution in [1.29, 1.82) is 0 Å². The zero-order valence-electron chi connectivity index (χ0n) is 5.92. The second-order valence-corrected chi connectivity index (χ2v) is 2.85. The van der Waals surface area contributed by atoms with Crippen molar-refractivity contribution in [2.24, 2.45) is 11.8 Å². The Kier molecular flexibility index (Phi) is 1.70. The molecule has 0 fully saturated rings. The molecule has 9 heavy (non-hydrogen) atoms. The Morgan fingerprint density at radius 3 is 2.67 bits per heavy atom. The van der Waals surface area contributed by atoms with Gasteiger partial charge in [0, 0.05) is 5.92 Å². The summed E-state index contributed by atoms with van der Waals surface area (Å²) >= 11 is 0. The molecule has 0 heterocycles. The molecule has 0 aromatic carbocycles. The number of carbonyl (C=O) groups is 1. The predicted octanol–water partition coefficient (Wildman–Crippen LogP) is 1.79. The lowest BCUT2D eigenvalue weighted by atomic mass is 10.0. The number of allylic oxidation sites excluding steroid dienone is 2. The van der Waals surface area contributed by atoms with Crippen LogP contribution in [0.25, 0.3) is 0 Å². The molecule has 0 aromatic rings. The summed E-state index contributed by atoms with van der Waals surface area (Å²) in [5.74, 6) is 0.834. The Morgan fingerprint density at radius 1 is 1.78 bits per heavy atom. The lowest BCUT2D eigenvalue weighted by Crippen LogP contribution is -1.95. The van der Waals surface area contributed by atoms with Crippen LogP contribution in [-0.2, 0) is 4.79 Å². The van der Waals surface area contributed by atoms with Crippen LogP contribution in [0.15, 0.2) is 11.6 Å². The van der Waals surface area contributed by atoms with Gasteiger partial charge in [-0.25, -0.2) is 0 Å². The van der Waals surface area contributed by atoms with Crippen molar-refractivity contribution < 1.29 is 4.79 Å². The summed E-state index contributed by atoms with van der Waals surface area (Å²) in [7, 11) is 0. The highest BCUT2D eigenvalue weighted by Gasteiger charge is 2.18. The summed E-state index contributed by atoms with van der Waals surface area (Å²) in [5, 5.41) is 0. The summed E-state index contributed by atoms with van der Waals surface area (Å²) in [6.45, 7) is 4.25. The van der Waals surface area contributed by atoms with Gasteiger partial charge in [-0.15, -0.1) is 0 Å². The van der Waals surface area contributed by atoms with Gasteiger partial charge in [-0.1, -0.05) is 18.6 Å². The normalized spacial score (nSPS) is 34.2. The van der Waals surface area contributed by atoms with Gasteiger partial charge in [-0.3, -0.25) is 0 Å². The van der Waals surface area contributed by atoms with Gasteiger partial charge in [-0.2, -0.15) is 0 Å². The summed E-state index contributed by atoms with van der Waals surface area (Å²) < 4.78 is 0. The zero-order valence-corrected chi connectivity index (χ0v) is 5.92. The van der Waals surface area contributed by atoms with Crippen molar-refractivity contribution in [2.75, 3.05) is 0 Å². The average molecular weight is 124 g/mol. The maximum absolute atomic E-state index is 10.3. The van der Waals surface area contributed by atoms with E-state index in [0.717, 1.165) is 12.7 Å². The third-order valence-electron chi connectivity index (χ3n) is 2.05. The number of hydrogen-bond donors (Lipinski definition) is 0. The minimum atomic E-state index is 0.208. The molecule has 2 atom stereocenters. The largest absolute Gasteiger partial charge is 0.303 e. The lowest BCUT2D eigenvalue weighted by Gasteiger charge is -2.01. The zero-order chi connectivity index (χ0) is 6.85. The third-order valence-corrected chi connectivity index (χ3v) is 2.05. The van der Waals surface area contributed by atoms with Crippen LogP contribution in [0.1, 0.15) is 20.3 Å².